The van der Waals surface area contributed by atoms with Gasteiger partial charge in [-0.05, 0) is 54.4 Å². The second kappa shape index (κ2) is 9.17. The summed E-state index contributed by atoms with van der Waals surface area (Å²) in [5.74, 6) is 0.328. The molecule has 0 unspecified atom stereocenters. The fraction of sp³-hybridized carbons (Fsp3) is 0.143. The number of hydrogen-bond donors (Lipinski definition) is 2. The van der Waals surface area contributed by atoms with Gasteiger partial charge in [0, 0.05) is 0 Å². The molecule has 3 aromatic rings. The Morgan fingerprint density at radius 2 is 1.55 bits per heavy atom. The number of sulfonamides is 2. The van der Waals surface area contributed by atoms with Gasteiger partial charge >= 0.3 is 0 Å². The third kappa shape index (κ3) is 5.30. The molecular weight excluding hydrogens is 460 g/mol. The van der Waals surface area contributed by atoms with Crippen LogP contribution in [0.15, 0.2) is 76.5 Å². The Labute approximate surface area is 187 Å². The number of rotatable bonds is 8. The monoisotopic (exact) mass is 480 g/mol. The largest absolute Gasteiger partial charge is 0.495 e. The number of hydrogen-bond acceptors (Lipinski definition) is 5. The maximum atomic E-state index is 12.9. The highest BCUT2D eigenvalue weighted by molar-refractivity contribution is 7.93. The van der Waals surface area contributed by atoms with Gasteiger partial charge in [0.15, 0.2) is 0 Å². The molecule has 0 aliphatic carbocycles. The van der Waals surface area contributed by atoms with Crippen LogP contribution in [0.2, 0.25) is 5.02 Å². The molecule has 31 heavy (non-hydrogen) atoms. The van der Waals surface area contributed by atoms with Crippen LogP contribution in [0.1, 0.15) is 12.5 Å². The van der Waals surface area contributed by atoms with E-state index in [4.69, 9.17) is 16.3 Å². The molecule has 3 rings (SSSR count). The molecule has 0 radical (unpaired) electrons. The van der Waals surface area contributed by atoms with E-state index in [1.165, 1.54) is 37.4 Å². The molecule has 0 aliphatic heterocycles. The third-order valence-corrected chi connectivity index (χ3v) is 7.71. The lowest BCUT2D eigenvalue weighted by Gasteiger charge is -2.14. The normalized spacial score (nSPS) is 11.7. The molecular formula is C21H21ClN2O5S2. The summed E-state index contributed by atoms with van der Waals surface area (Å²) in [5, 5.41) is -0.0577. The van der Waals surface area contributed by atoms with Gasteiger partial charge in [-0.1, -0.05) is 42.8 Å². The van der Waals surface area contributed by atoms with E-state index in [-0.39, 0.29) is 26.2 Å². The van der Waals surface area contributed by atoms with Gasteiger partial charge < -0.3 is 4.74 Å². The fourth-order valence-corrected chi connectivity index (χ4v) is 5.47. The highest BCUT2D eigenvalue weighted by atomic mass is 35.5. The van der Waals surface area contributed by atoms with E-state index in [9.17, 15) is 16.8 Å². The number of halogens is 1. The molecule has 10 heteroatoms. The zero-order valence-electron chi connectivity index (χ0n) is 16.8. The fourth-order valence-electron chi connectivity index (χ4n) is 2.82. The summed E-state index contributed by atoms with van der Waals surface area (Å²) >= 11 is 6.11. The van der Waals surface area contributed by atoms with Gasteiger partial charge in [0.25, 0.3) is 20.0 Å². The minimum absolute atomic E-state index is 0.0577. The van der Waals surface area contributed by atoms with Gasteiger partial charge in [-0.3, -0.25) is 9.44 Å². The summed E-state index contributed by atoms with van der Waals surface area (Å²) in [4.78, 5) is -0.210. The standard InChI is InChI=1S/C21H21ClN2O5S2/c1-3-15-8-11-17(12-9-15)30(25,26)23-16-10-13-18(22)21(14-16)31(27,28)24-19-6-4-5-7-20(19)29-2/h4-14,23-24H,3H2,1-2H3. The maximum Gasteiger partial charge on any atom is 0.263 e. The molecule has 0 bridgehead atoms. The smallest absolute Gasteiger partial charge is 0.263 e. The van der Waals surface area contributed by atoms with Gasteiger partial charge in [0.05, 0.1) is 28.4 Å². The Morgan fingerprint density at radius 1 is 0.871 bits per heavy atom. The summed E-state index contributed by atoms with van der Waals surface area (Å²) in [5.41, 5.74) is 1.29. The Kier molecular flexibility index (Phi) is 6.78. The quantitative estimate of drug-likeness (QED) is 0.493. The van der Waals surface area contributed by atoms with E-state index < -0.39 is 20.0 Å². The molecule has 3 aromatic carbocycles. The first kappa shape index (κ1) is 22.9. The summed E-state index contributed by atoms with van der Waals surface area (Å²) < 4.78 is 61.2. The minimum atomic E-state index is -4.13. The summed E-state index contributed by atoms with van der Waals surface area (Å²) in [6, 6.07) is 16.8. The molecule has 0 aromatic heterocycles. The minimum Gasteiger partial charge on any atom is -0.495 e. The number of para-hydroxylation sites is 2. The average molecular weight is 481 g/mol. The van der Waals surface area contributed by atoms with Crippen molar-refractivity contribution in [3.05, 3.63) is 77.3 Å². The summed E-state index contributed by atoms with van der Waals surface area (Å²) in [6.07, 6.45) is 0.783. The van der Waals surface area contributed by atoms with E-state index in [0.717, 1.165) is 18.1 Å². The first-order valence-corrected chi connectivity index (χ1v) is 12.6. The molecule has 7 nitrogen and oxygen atoms in total. The zero-order chi connectivity index (χ0) is 22.6. The Hall–Kier alpha value is -2.75. The number of anilines is 2. The van der Waals surface area contributed by atoms with Gasteiger partial charge in [-0.15, -0.1) is 0 Å². The van der Waals surface area contributed by atoms with Crippen molar-refractivity contribution < 1.29 is 21.6 Å². The summed E-state index contributed by atoms with van der Waals surface area (Å²) in [6.45, 7) is 1.97. The predicted octanol–water partition coefficient (Wildman–Crippen LogP) is 4.51. The van der Waals surface area contributed by atoms with E-state index >= 15 is 0 Å². The lowest BCUT2D eigenvalue weighted by Crippen LogP contribution is -2.16. The van der Waals surface area contributed by atoms with Crippen molar-refractivity contribution in [3.8, 4) is 5.75 Å². The van der Waals surface area contributed by atoms with Crippen molar-refractivity contribution >= 4 is 43.0 Å². The van der Waals surface area contributed by atoms with E-state index in [2.05, 4.69) is 9.44 Å². The van der Waals surface area contributed by atoms with Crippen molar-refractivity contribution in [1.82, 2.24) is 0 Å². The first-order valence-electron chi connectivity index (χ1n) is 9.23. The van der Waals surface area contributed by atoms with Crippen LogP contribution in [0, 0.1) is 0 Å². The molecule has 0 amide bonds. The molecule has 0 saturated carbocycles. The van der Waals surface area contributed by atoms with E-state index in [1.54, 1.807) is 30.3 Å². The van der Waals surface area contributed by atoms with Gasteiger partial charge in [-0.2, -0.15) is 0 Å². The highest BCUT2D eigenvalue weighted by Gasteiger charge is 2.22. The molecule has 0 aliphatic rings. The van der Waals surface area contributed by atoms with Crippen molar-refractivity contribution in [3.63, 3.8) is 0 Å². The lowest BCUT2D eigenvalue weighted by atomic mass is 10.2. The average Bonchev–Trinajstić information content (AvgIpc) is 2.75. The zero-order valence-corrected chi connectivity index (χ0v) is 19.2. The van der Waals surface area contributed by atoms with Crippen LogP contribution in [0.25, 0.3) is 0 Å². The van der Waals surface area contributed by atoms with E-state index in [1.807, 2.05) is 6.92 Å². The van der Waals surface area contributed by atoms with E-state index in [0.29, 0.717) is 5.75 Å². The lowest BCUT2D eigenvalue weighted by molar-refractivity contribution is 0.417. The van der Waals surface area contributed by atoms with Crippen LogP contribution in [-0.4, -0.2) is 23.9 Å². The Balaban J connectivity index is 1.92. The van der Waals surface area contributed by atoms with Crippen LogP contribution in [0.3, 0.4) is 0 Å². The van der Waals surface area contributed by atoms with Crippen LogP contribution in [0.4, 0.5) is 11.4 Å². The molecule has 0 fully saturated rings. The number of methoxy groups -OCH3 is 1. The van der Waals surface area contributed by atoms with Crippen molar-refractivity contribution in [1.29, 1.82) is 0 Å². The number of ether oxygens (including phenoxy) is 1. The summed E-state index contributed by atoms with van der Waals surface area (Å²) in [7, 11) is -6.62. The SMILES string of the molecule is CCc1ccc(S(=O)(=O)Nc2ccc(Cl)c(S(=O)(=O)Nc3ccccc3OC)c2)cc1. The van der Waals surface area contributed by atoms with Gasteiger partial charge in [-0.25, -0.2) is 16.8 Å². The number of benzene rings is 3. The second-order valence-corrected chi connectivity index (χ2v) is 10.3. The molecule has 0 atom stereocenters. The third-order valence-electron chi connectivity index (χ3n) is 4.47. The van der Waals surface area contributed by atoms with Crippen LogP contribution in [0.5, 0.6) is 5.75 Å². The molecule has 164 valence electrons. The van der Waals surface area contributed by atoms with Crippen LogP contribution >= 0.6 is 11.6 Å². The number of aryl methyl sites for hydroxylation is 1. The molecule has 0 saturated heterocycles. The van der Waals surface area contributed by atoms with Crippen molar-refractivity contribution in [2.75, 3.05) is 16.6 Å². The van der Waals surface area contributed by atoms with Crippen molar-refractivity contribution in [2.24, 2.45) is 0 Å². The van der Waals surface area contributed by atoms with Crippen LogP contribution < -0.4 is 14.2 Å². The first-order chi connectivity index (χ1) is 14.7. The molecule has 0 spiro atoms. The second-order valence-electron chi connectivity index (χ2n) is 6.55. The predicted molar refractivity (Wildman–Crippen MR) is 122 cm³/mol. The molecule has 0 heterocycles. The van der Waals surface area contributed by atoms with Crippen molar-refractivity contribution in [2.45, 2.75) is 23.1 Å². The molecule has 2 N–H and O–H groups in total. The Morgan fingerprint density at radius 3 is 2.19 bits per heavy atom. The van der Waals surface area contributed by atoms with Crippen LogP contribution in [-0.2, 0) is 26.5 Å². The topological polar surface area (TPSA) is 102 Å². The Bertz CT molecular complexity index is 1290. The van der Waals surface area contributed by atoms with Gasteiger partial charge in [0.1, 0.15) is 10.6 Å². The highest BCUT2D eigenvalue weighted by Crippen LogP contribution is 2.31. The maximum absolute atomic E-state index is 12.9. The van der Waals surface area contributed by atoms with Gasteiger partial charge in [0.2, 0.25) is 0 Å². The number of nitrogens with one attached hydrogen (secondary N) is 2.